The normalized spacial score (nSPS) is 10.5. The Morgan fingerprint density at radius 1 is 1.47 bits per heavy atom. The van der Waals surface area contributed by atoms with E-state index in [2.05, 4.69) is 15.9 Å². The van der Waals surface area contributed by atoms with Crippen molar-refractivity contribution in [3.05, 3.63) is 38.4 Å². The van der Waals surface area contributed by atoms with Crippen LogP contribution in [0.4, 0.5) is 5.69 Å². The summed E-state index contributed by atoms with van der Waals surface area (Å²) in [6.45, 7) is 0. The van der Waals surface area contributed by atoms with Crippen LogP contribution in [0.1, 0.15) is 5.56 Å². The molecule has 78 valence electrons. The van der Waals surface area contributed by atoms with Gasteiger partial charge in [-0.1, -0.05) is 15.9 Å². The molecule has 1 rings (SSSR count). The first-order chi connectivity index (χ1) is 7.06. The second-order valence-corrected chi connectivity index (χ2v) is 3.53. The second kappa shape index (κ2) is 4.70. The Morgan fingerprint density at radius 2 is 2.13 bits per heavy atom. The molecule has 1 aromatic rings. The fourth-order valence-electron chi connectivity index (χ4n) is 1.01. The molecule has 0 aromatic heterocycles. The van der Waals surface area contributed by atoms with Crippen LogP contribution in [0, 0.1) is 10.1 Å². The van der Waals surface area contributed by atoms with Crippen molar-refractivity contribution in [2.75, 3.05) is 0 Å². The molecule has 0 spiro atoms. The maximum absolute atomic E-state index is 10.5. The molecular formula is C9H6BrNO4. The van der Waals surface area contributed by atoms with Crippen LogP contribution in [0.3, 0.4) is 0 Å². The summed E-state index contributed by atoms with van der Waals surface area (Å²) in [5, 5.41) is 20.0. The van der Waals surface area contributed by atoms with E-state index in [1.807, 2.05) is 0 Å². The summed E-state index contributed by atoms with van der Waals surface area (Å²) in [6.07, 6.45) is 2.96. The predicted molar refractivity (Wildman–Crippen MR) is 57.6 cm³/mol. The minimum atomic E-state index is -0.696. The third kappa shape index (κ3) is 2.63. The first-order valence-electron chi connectivity index (χ1n) is 3.85. The zero-order valence-corrected chi connectivity index (χ0v) is 8.97. The molecule has 0 radical (unpaired) electrons. The molecule has 6 heteroatoms. The summed E-state index contributed by atoms with van der Waals surface area (Å²) in [5.41, 5.74) is -0.196. The number of halogens is 1. The molecule has 0 unspecified atom stereocenters. The van der Waals surface area contributed by atoms with Crippen LogP contribution in [0.2, 0.25) is 0 Å². The average molecular weight is 272 g/mol. The van der Waals surface area contributed by atoms with Crippen LogP contribution >= 0.6 is 15.9 Å². The molecule has 1 aromatic carbocycles. The van der Waals surface area contributed by atoms with Crippen LogP contribution in [-0.2, 0) is 4.79 Å². The molecule has 0 aliphatic rings. The molecule has 5 nitrogen and oxygen atoms in total. The van der Waals surface area contributed by atoms with Crippen LogP contribution in [-0.4, -0.2) is 16.3 Å². The van der Waals surface area contributed by atoms with Crippen molar-refractivity contribution < 1.29 is 14.8 Å². The van der Waals surface area contributed by atoms with Crippen molar-refractivity contribution in [3.63, 3.8) is 0 Å². The van der Waals surface area contributed by atoms with Gasteiger partial charge in [0, 0.05) is 16.1 Å². The van der Waals surface area contributed by atoms with Crippen molar-refractivity contribution in [3.8, 4) is 5.75 Å². The second-order valence-electron chi connectivity index (χ2n) is 2.62. The summed E-state index contributed by atoms with van der Waals surface area (Å²) in [5.74, 6) is -0.457. The van der Waals surface area contributed by atoms with Gasteiger partial charge in [0.15, 0.2) is 0 Å². The molecule has 0 bridgehead atoms. The first-order valence-corrected chi connectivity index (χ1v) is 4.64. The number of nitro groups is 1. The third-order valence-corrected chi connectivity index (χ3v) is 2.09. The highest BCUT2D eigenvalue weighted by molar-refractivity contribution is 9.10. The number of carbonyl (C=O) groups excluding carboxylic acids is 1. The van der Waals surface area contributed by atoms with Gasteiger partial charge in [0.25, 0.3) is 0 Å². The number of allylic oxidation sites excluding steroid dienone is 1. The van der Waals surface area contributed by atoms with E-state index >= 15 is 0 Å². The minimum Gasteiger partial charge on any atom is -0.502 e. The van der Waals surface area contributed by atoms with E-state index in [0.717, 1.165) is 6.08 Å². The highest BCUT2D eigenvalue weighted by atomic mass is 79.9. The highest BCUT2D eigenvalue weighted by Crippen LogP contribution is 2.33. The summed E-state index contributed by atoms with van der Waals surface area (Å²) in [7, 11) is 0. The molecule has 0 atom stereocenters. The Morgan fingerprint density at radius 3 is 2.67 bits per heavy atom. The van der Waals surface area contributed by atoms with Gasteiger partial charge in [-0.15, -0.1) is 0 Å². The van der Waals surface area contributed by atoms with Crippen LogP contribution in [0.15, 0.2) is 22.7 Å². The molecular weight excluding hydrogens is 266 g/mol. The van der Waals surface area contributed by atoms with Crippen molar-refractivity contribution >= 4 is 34.0 Å². The standard InChI is InChI=1S/C9H6BrNO4/c10-7-4-6(2-1-3-12)9(13)8(5-7)11(14)15/h1-5,13H/b2-1+. The topological polar surface area (TPSA) is 80.4 Å². The molecule has 15 heavy (non-hydrogen) atoms. The number of phenols is 1. The Balaban J connectivity index is 3.34. The number of benzene rings is 1. The van der Waals surface area contributed by atoms with E-state index in [0.29, 0.717) is 10.8 Å². The predicted octanol–water partition coefficient (Wildman–Crippen LogP) is 2.28. The minimum absolute atomic E-state index is 0.211. The SMILES string of the molecule is O=C/C=C/c1cc(Br)cc([N+](=O)[O-])c1O. The number of carbonyl (C=O) groups is 1. The van der Waals surface area contributed by atoms with Gasteiger partial charge in [0.2, 0.25) is 5.75 Å². The van der Waals surface area contributed by atoms with Gasteiger partial charge in [-0.25, -0.2) is 0 Å². The van der Waals surface area contributed by atoms with Gasteiger partial charge in [0.1, 0.15) is 6.29 Å². The van der Waals surface area contributed by atoms with Crippen molar-refractivity contribution in [2.24, 2.45) is 0 Å². The quantitative estimate of drug-likeness (QED) is 0.396. The lowest BCUT2D eigenvalue weighted by Gasteiger charge is -2.01. The number of hydrogen-bond acceptors (Lipinski definition) is 4. The van der Waals surface area contributed by atoms with Crippen molar-refractivity contribution in [1.29, 1.82) is 0 Å². The Hall–Kier alpha value is -1.69. The van der Waals surface area contributed by atoms with Crippen LogP contribution in [0.25, 0.3) is 6.08 Å². The summed E-state index contributed by atoms with van der Waals surface area (Å²) in [4.78, 5) is 19.9. The first kappa shape index (κ1) is 11.4. The third-order valence-electron chi connectivity index (χ3n) is 1.64. The fraction of sp³-hybridized carbons (Fsp3) is 0. The maximum Gasteiger partial charge on any atom is 0.312 e. The lowest BCUT2D eigenvalue weighted by Crippen LogP contribution is -1.90. The Labute approximate surface area is 93.3 Å². The number of rotatable bonds is 3. The molecule has 0 saturated carbocycles. The average Bonchev–Trinajstić information content (AvgIpc) is 2.18. The molecule has 0 amide bonds. The largest absolute Gasteiger partial charge is 0.502 e. The van der Waals surface area contributed by atoms with Gasteiger partial charge in [-0.2, -0.15) is 0 Å². The van der Waals surface area contributed by atoms with E-state index in [1.54, 1.807) is 0 Å². The Bertz CT molecular complexity index is 442. The zero-order chi connectivity index (χ0) is 11.4. The van der Waals surface area contributed by atoms with E-state index < -0.39 is 16.4 Å². The van der Waals surface area contributed by atoms with Crippen LogP contribution < -0.4 is 0 Å². The molecule has 0 aliphatic carbocycles. The van der Waals surface area contributed by atoms with Crippen molar-refractivity contribution in [2.45, 2.75) is 0 Å². The molecule has 0 saturated heterocycles. The summed E-state index contributed by atoms with van der Waals surface area (Å²) < 4.78 is 0.456. The van der Waals surface area contributed by atoms with Crippen LogP contribution in [0.5, 0.6) is 5.75 Å². The zero-order valence-electron chi connectivity index (χ0n) is 7.38. The lowest BCUT2D eigenvalue weighted by molar-refractivity contribution is -0.385. The van der Waals surface area contributed by atoms with E-state index in [9.17, 15) is 20.0 Å². The number of aldehydes is 1. The highest BCUT2D eigenvalue weighted by Gasteiger charge is 2.16. The summed E-state index contributed by atoms with van der Waals surface area (Å²) >= 11 is 3.07. The van der Waals surface area contributed by atoms with E-state index in [4.69, 9.17) is 0 Å². The fourth-order valence-corrected chi connectivity index (χ4v) is 1.48. The number of nitro benzene ring substituents is 1. The summed E-state index contributed by atoms with van der Waals surface area (Å²) in [6, 6.07) is 2.66. The Kier molecular flexibility index (Phi) is 3.56. The monoisotopic (exact) mass is 271 g/mol. The number of phenolic OH excluding ortho intramolecular Hbond substituents is 1. The van der Waals surface area contributed by atoms with E-state index in [1.165, 1.54) is 18.2 Å². The number of nitrogens with zero attached hydrogens (tertiary/aromatic N) is 1. The van der Waals surface area contributed by atoms with Gasteiger partial charge in [0.05, 0.1) is 4.92 Å². The smallest absolute Gasteiger partial charge is 0.312 e. The van der Waals surface area contributed by atoms with Gasteiger partial charge < -0.3 is 5.11 Å². The lowest BCUT2D eigenvalue weighted by atomic mass is 10.1. The molecule has 0 aliphatic heterocycles. The molecule has 0 fully saturated rings. The van der Waals surface area contributed by atoms with Gasteiger partial charge in [-0.05, 0) is 18.2 Å². The number of hydrogen-bond donors (Lipinski definition) is 1. The van der Waals surface area contributed by atoms with Crippen molar-refractivity contribution in [1.82, 2.24) is 0 Å². The van der Waals surface area contributed by atoms with Gasteiger partial charge in [-0.3, -0.25) is 14.9 Å². The van der Waals surface area contributed by atoms with E-state index in [-0.39, 0.29) is 5.56 Å². The van der Waals surface area contributed by atoms with Gasteiger partial charge >= 0.3 is 5.69 Å². The number of aromatic hydroxyl groups is 1. The molecule has 0 heterocycles. The molecule has 1 N–H and O–H groups in total. The maximum atomic E-state index is 10.5.